The van der Waals surface area contributed by atoms with Crippen LogP contribution in [0.2, 0.25) is 5.02 Å². The third-order valence-electron chi connectivity index (χ3n) is 3.43. The fraction of sp³-hybridized carbons (Fsp3) is 0.333. The molecule has 1 heterocycles. The zero-order valence-corrected chi connectivity index (χ0v) is 13.1. The summed E-state index contributed by atoms with van der Waals surface area (Å²) in [5.74, 6) is 0. The molecule has 0 N–H and O–H groups in total. The van der Waals surface area contributed by atoms with Gasteiger partial charge in [0, 0.05) is 14.8 Å². The molecule has 3 heteroatoms. The van der Waals surface area contributed by atoms with Gasteiger partial charge in [0.2, 0.25) is 0 Å². The van der Waals surface area contributed by atoms with E-state index in [9.17, 15) is 0 Å². The van der Waals surface area contributed by atoms with Crippen molar-refractivity contribution in [2.75, 3.05) is 0 Å². The van der Waals surface area contributed by atoms with Crippen LogP contribution in [-0.2, 0) is 12.8 Å². The lowest BCUT2D eigenvalue weighted by atomic mass is 9.99. The summed E-state index contributed by atoms with van der Waals surface area (Å²) < 4.78 is 0. The van der Waals surface area contributed by atoms with Gasteiger partial charge in [-0.3, -0.25) is 0 Å². The van der Waals surface area contributed by atoms with E-state index >= 15 is 0 Å². The first kappa shape index (κ1) is 12.7. The highest BCUT2D eigenvalue weighted by Crippen LogP contribution is 2.39. The number of benzene rings is 1. The Morgan fingerprint density at radius 3 is 2.56 bits per heavy atom. The lowest BCUT2D eigenvalue weighted by Crippen LogP contribution is -1.96. The van der Waals surface area contributed by atoms with Crippen molar-refractivity contribution in [2.24, 2.45) is 0 Å². The molecule has 0 radical (unpaired) electrons. The average molecular weight is 342 g/mol. The van der Waals surface area contributed by atoms with E-state index in [0.717, 1.165) is 5.02 Å². The second-order valence-electron chi connectivity index (χ2n) is 4.72. The molecule has 0 spiro atoms. The second kappa shape index (κ2) is 5.36. The maximum atomic E-state index is 5.93. The Hall–Kier alpha value is -0.310. The summed E-state index contributed by atoms with van der Waals surface area (Å²) in [7, 11) is 0. The van der Waals surface area contributed by atoms with Crippen molar-refractivity contribution in [1.29, 1.82) is 0 Å². The van der Waals surface area contributed by atoms with E-state index in [0.29, 0.717) is 4.83 Å². The van der Waals surface area contributed by atoms with E-state index in [4.69, 9.17) is 11.6 Å². The minimum atomic E-state index is 0.297. The second-order valence-corrected chi connectivity index (χ2v) is 7.24. The molecule has 1 aliphatic carbocycles. The van der Waals surface area contributed by atoms with Crippen LogP contribution in [0.5, 0.6) is 0 Å². The predicted octanol–water partition coefficient (Wildman–Crippen LogP) is 5.76. The van der Waals surface area contributed by atoms with Gasteiger partial charge in [0.1, 0.15) is 0 Å². The van der Waals surface area contributed by atoms with E-state index in [1.165, 1.54) is 36.1 Å². The summed E-state index contributed by atoms with van der Waals surface area (Å²) in [5.41, 5.74) is 2.85. The molecule has 2 aromatic rings. The van der Waals surface area contributed by atoms with E-state index in [1.54, 1.807) is 10.4 Å². The molecule has 0 saturated carbocycles. The molecule has 1 aromatic carbocycles. The maximum Gasteiger partial charge on any atom is 0.0738 e. The number of aryl methyl sites for hydroxylation is 2. The highest BCUT2D eigenvalue weighted by molar-refractivity contribution is 9.09. The molecule has 1 aliphatic rings. The molecule has 0 fully saturated rings. The van der Waals surface area contributed by atoms with Gasteiger partial charge in [-0.05, 0) is 55.0 Å². The van der Waals surface area contributed by atoms with Gasteiger partial charge in [0.05, 0.1) is 4.83 Å². The standard InChI is InChI=1S/C15H14BrClS/c16-15(10-5-7-12(17)8-6-10)14-9-11-3-1-2-4-13(11)18-14/h5-9,15H,1-4H2. The molecular formula is C15H14BrClS. The van der Waals surface area contributed by atoms with Gasteiger partial charge in [-0.2, -0.15) is 0 Å². The zero-order chi connectivity index (χ0) is 12.5. The Morgan fingerprint density at radius 2 is 1.83 bits per heavy atom. The van der Waals surface area contributed by atoms with Gasteiger partial charge >= 0.3 is 0 Å². The van der Waals surface area contributed by atoms with Crippen LogP contribution in [0.15, 0.2) is 30.3 Å². The Balaban J connectivity index is 1.89. The molecule has 94 valence electrons. The first-order valence-electron chi connectivity index (χ1n) is 6.25. The van der Waals surface area contributed by atoms with E-state index in [2.05, 4.69) is 34.1 Å². The first-order chi connectivity index (χ1) is 8.74. The lowest BCUT2D eigenvalue weighted by Gasteiger charge is -2.08. The van der Waals surface area contributed by atoms with Crippen molar-refractivity contribution >= 4 is 38.9 Å². The molecule has 1 aromatic heterocycles. The molecule has 0 bridgehead atoms. The average Bonchev–Trinajstić information content (AvgIpc) is 2.82. The molecule has 1 atom stereocenters. The van der Waals surface area contributed by atoms with Crippen LogP contribution in [0, 0.1) is 0 Å². The minimum Gasteiger partial charge on any atom is -0.144 e. The van der Waals surface area contributed by atoms with Crippen molar-refractivity contribution in [3.63, 3.8) is 0 Å². The summed E-state index contributed by atoms with van der Waals surface area (Å²) >= 11 is 11.7. The van der Waals surface area contributed by atoms with Crippen molar-refractivity contribution in [3.8, 4) is 0 Å². The fourth-order valence-corrected chi connectivity index (χ4v) is 4.54. The molecular weight excluding hydrogens is 328 g/mol. The number of fused-ring (bicyclic) bond motifs is 1. The normalized spacial score (nSPS) is 16.3. The van der Waals surface area contributed by atoms with Crippen LogP contribution in [0.25, 0.3) is 0 Å². The number of halogens is 2. The monoisotopic (exact) mass is 340 g/mol. The summed E-state index contributed by atoms with van der Waals surface area (Å²) in [6, 6.07) is 10.5. The Labute approximate surface area is 125 Å². The molecule has 0 amide bonds. The number of rotatable bonds is 2. The van der Waals surface area contributed by atoms with Gasteiger partial charge in [0.25, 0.3) is 0 Å². The van der Waals surface area contributed by atoms with Crippen LogP contribution in [0.4, 0.5) is 0 Å². The predicted molar refractivity (Wildman–Crippen MR) is 83.2 cm³/mol. The maximum absolute atomic E-state index is 5.93. The van der Waals surface area contributed by atoms with Crippen molar-refractivity contribution < 1.29 is 0 Å². The van der Waals surface area contributed by atoms with E-state index in [-0.39, 0.29) is 0 Å². The van der Waals surface area contributed by atoms with Crippen molar-refractivity contribution in [1.82, 2.24) is 0 Å². The Bertz CT molecular complexity index is 521. The third kappa shape index (κ3) is 2.52. The molecule has 0 nitrogen and oxygen atoms in total. The summed E-state index contributed by atoms with van der Waals surface area (Å²) in [6.45, 7) is 0. The van der Waals surface area contributed by atoms with E-state index < -0.39 is 0 Å². The highest BCUT2D eigenvalue weighted by atomic mass is 79.9. The molecule has 0 aliphatic heterocycles. The minimum absolute atomic E-state index is 0.297. The zero-order valence-electron chi connectivity index (χ0n) is 9.96. The summed E-state index contributed by atoms with van der Waals surface area (Å²) in [4.78, 5) is 3.31. The van der Waals surface area contributed by atoms with Crippen LogP contribution in [-0.4, -0.2) is 0 Å². The van der Waals surface area contributed by atoms with Gasteiger partial charge in [-0.15, -0.1) is 11.3 Å². The molecule has 3 rings (SSSR count). The Kier molecular flexibility index (Phi) is 3.78. The SMILES string of the molecule is Clc1ccc(C(Br)c2cc3c(s2)CCCC3)cc1. The smallest absolute Gasteiger partial charge is 0.0738 e. The fourth-order valence-electron chi connectivity index (χ4n) is 2.43. The van der Waals surface area contributed by atoms with Gasteiger partial charge < -0.3 is 0 Å². The van der Waals surface area contributed by atoms with Crippen molar-refractivity contribution in [3.05, 3.63) is 56.2 Å². The van der Waals surface area contributed by atoms with Gasteiger partial charge in [-0.25, -0.2) is 0 Å². The summed E-state index contributed by atoms with van der Waals surface area (Å²) in [6.07, 6.45) is 5.21. The topological polar surface area (TPSA) is 0 Å². The number of alkyl halides is 1. The molecule has 1 unspecified atom stereocenters. The summed E-state index contributed by atoms with van der Waals surface area (Å²) in [5, 5.41) is 0.795. The number of hydrogen-bond acceptors (Lipinski definition) is 1. The van der Waals surface area contributed by atoms with Crippen LogP contribution >= 0.6 is 38.9 Å². The molecule has 18 heavy (non-hydrogen) atoms. The van der Waals surface area contributed by atoms with Crippen LogP contribution in [0.3, 0.4) is 0 Å². The molecule has 0 saturated heterocycles. The first-order valence-corrected chi connectivity index (χ1v) is 8.36. The van der Waals surface area contributed by atoms with Gasteiger partial charge in [-0.1, -0.05) is 39.7 Å². The Morgan fingerprint density at radius 1 is 1.11 bits per heavy atom. The highest BCUT2D eigenvalue weighted by Gasteiger charge is 2.18. The van der Waals surface area contributed by atoms with E-state index in [1.807, 2.05) is 23.5 Å². The van der Waals surface area contributed by atoms with Crippen LogP contribution < -0.4 is 0 Å². The van der Waals surface area contributed by atoms with Gasteiger partial charge in [0.15, 0.2) is 0 Å². The van der Waals surface area contributed by atoms with Crippen LogP contribution in [0.1, 0.15) is 38.6 Å². The quantitative estimate of drug-likeness (QED) is 0.609. The number of hydrogen-bond donors (Lipinski definition) is 0. The third-order valence-corrected chi connectivity index (χ3v) is 6.31. The largest absolute Gasteiger partial charge is 0.144 e. The van der Waals surface area contributed by atoms with Crippen molar-refractivity contribution in [2.45, 2.75) is 30.5 Å². The lowest BCUT2D eigenvalue weighted by molar-refractivity contribution is 0.697. The number of thiophene rings is 1.